The largest absolute Gasteiger partial charge is 0.489 e. The molecule has 0 aromatic heterocycles. The van der Waals surface area contributed by atoms with Gasteiger partial charge in [-0.1, -0.05) is 43.2 Å². The van der Waals surface area contributed by atoms with Gasteiger partial charge in [-0.05, 0) is 43.4 Å². The Labute approximate surface area is 203 Å². The third-order valence-corrected chi connectivity index (χ3v) is 5.18. The molecule has 1 atom stereocenters. The minimum Gasteiger partial charge on any atom is -0.489 e. The molecule has 1 aromatic carbocycles. The molecule has 1 saturated carbocycles. The summed E-state index contributed by atoms with van der Waals surface area (Å²) in [4.78, 5) is 11.8. The van der Waals surface area contributed by atoms with Crippen molar-refractivity contribution >= 4 is 5.91 Å². The molecule has 9 heteroatoms. The zero-order valence-electron chi connectivity index (χ0n) is 20.4. The van der Waals surface area contributed by atoms with Crippen LogP contribution in [0.3, 0.4) is 0 Å². The first kappa shape index (κ1) is 29.8. The third-order valence-electron chi connectivity index (χ3n) is 5.18. The van der Waals surface area contributed by atoms with Crippen molar-refractivity contribution in [2.45, 2.75) is 51.2 Å². The molecule has 0 bridgehead atoms. The highest BCUT2D eigenvalue weighted by molar-refractivity contribution is 5.77. The maximum absolute atomic E-state index is 11.8. The Morgan fingerprint density at radius 2 is 2.03 bits per heavy atom. The molecule has 9 nitrogen and oxygen atoms in total. The maximum Gasteiger partial charge on any atom is 0.246 e. The van der Waals surface area contributed by atoms with Crippen molar-refractivity contribution in [1.82, 2.24) is 10.7 Å². The molecule has 1 aliphatic carbocycles. The average molecular weight is 479 g/mol. The second-order valence-electron chi connectivity index (χ2n) is 7.91. The molecule has 0 aliphatic heterocycles. The lowest BCUT2D eigenvalue weighted by Gasteiger charge is -2.15. The number of carbonyl (C=O) groups excluding carboxylic acids is 1. The number of nitrogens with two attached hydrogens (primary N) is 2. The predicted octanol–water partition coefficient (Wildman–Crippen LogP) is 1.09. The van der Waals surface area contributed by atoms with Crippen LogP contribution < -0.4 is 27.1 Å². The fourth-order valence-electron chi connectivity index (χ4n) is 3.47. The topological polar surface area (TPSA) is 141 Å². The first-order valence-electron chi connectivity index (χ1n) is 12.0. The highest BCUT2D eigenvalue weighted by atomic mass is 16.6. The van der Waals surface area contributed by atoms with E-state index in [1.54, 1.807) is 0 Å². The lowest BCUT2D eigenvalue weighted by molar-refractivity contribution is -0.126. The van der Waals surface area contributed by atoms with Gasteiger partial charge < -0.3 is 30.4 Å². The number of hydrogen-bond donors (Lipinski definition) is 5. The van der Waals surface area contributed by atoms with Crippen molar-refractivity contribution in [3.05, 3.63) is 29.8 Å². The molecular weight excluding hydrogens is 436 g/mol. The number of ether oxygens (including phenoxy) is 3. The number of rotatable bonds is 14. The SMILES string of the molecule is CO.NNCCCc1cccc(OCC(N)OCCOCC(=O)NCC#CC2CCCCC2)c1. The molecule has 0 saturated heterocycles. The number of hydrazine groups is 1. The van der Waals surface area contributed by atoms with Gasteiger partial charge in [0.1, 0.15) is 25.2 Å². The highest BCUT2D eigenvalue weighted by Crippen LogP contribution is 2.22. The Balaban J connectivity index is 0.00000281. The maximum atomic E-state index is 11.8. The van der Waals surface area contributed by atoms with Crippen molar-refractivity contribution < 1.29 is 24.1 Å². The summed E-state index contributed by atoms with van der Waals surface area (Å²) in [6.45, 7) is 1.90. The van der Waals surface area contributed by atoms with Gasteiger partial charge in [0.05, 0.1) is 19.8 Å². The van der Waals surface area contributed by atoms with Gasteiger partial charge in [0.25, 0.3) is 0 Å². The van der Waals surface area contributed by atoms with Gasteiger partial charge >= 0.3 is 0 Å². The van der Waals surface area contributed by atoms with E-state index in [1.807, 2.05) is 18.2 Å². The van der Waals surface area contributed by atoms with Gasteiger partial charge in [0.2, 0.25) is 5.91 Å². The number of benzene rings is 1. The molecule has 0 heterocycles. The minimum absolute atomic E-state index is 0.0212. The number of aliphatic hydroxyl groups is 1. The minimum atomic E-state index is -0.576. The molecule has 0 radical (unpaired) electrons. The molecule has 1 fully saturated rings. The standard InChI is InChI=1S/C24H38N4O4.CH4O/c25-23(18-32-22-12-4-9-21(17-22)11-6-14-28-26)31-16-15-30-19-24(29)27-13-5-10-20-7-2-1-3-8-20;1-2/h4,9,12,17,20,23,28H,1-3,6-8,11,13-16,18-19,25-26H2,(H,27,29);2H,1H3. The Morgan fingerprint density at radius 3 is 2.79 bits per heavy atom. The van der Waals surface area contributed by atoms with E-state index >= 15 is 0 Å². The number of nitrogens with one attached hydrogen (secondary N) is 2. The monoisotopic (exact) mass is 478 g/mol. The molecule has 192 valence electrons. The molecule has 1 unspecified atom stereocenters. The summed E-state index contributed by atoms with van der Waals surface area (Å²) < 4.78 is 16.5. The summed E-state index contributed by atoms with van der Waals surface area (Å²) >= 11 is 0. The Hall–Kier alpha value is -2.19. The van der Waals surface area contributed by atoms with E-state index in [0.717, 1.165) is 32.2 Å². The normalized spacial score (nSPS) is 14.2. The Morgan fingerprint density at radius 1 is 1.24 bits per heavy atom. The number of amides is 1. The molecule has 2 rings (SSSR count). The molecular formula is C25H42N4O5. The van der Waals surface area contributed by atoms with Crippen LogP contribution in [0.25, 0.3) is 0 Å². The Kier molecular flexibility index (Phi) is 17.7. The molecule has 34 heavy (non-hydrogen) atoms. The average Bonchev–Trinajstić information content (AvgIpc) is 2.87. The van der Waals surface area contributed by atoms with Crippen LogP contribution in [-0.2, 0) is 20.7 Å². The van der Waals surface area contributed by atoms with Gasteiger partial charge in [0, 0.05) is 19.6 Å². The van der Waals surface area contributed by atoms with E-state index in [2.05, 4.69) is 28.6 Å². The zero-order valence-corrected chi connectivity index (χ0v) is 20.4. The van der Waals surface area contributed by atoms with Crippen LogP contribution in [0.1, 0.15) is 44.1 Å². The van der Waals surface area contributed by atoms with Gasteiger partial charge in [-0.3, -0.25) is 16.1 Å². The smallest absolute Gasteiger partial charge is 0.246 e. The van der Waals surface area contributed by atoms with Crippen LogP contribution in [0, 0.1) is 17.8 Å². The predicted molar refractivity (Wildman–Crippen MR) is 133 cm³/mol. The van der Waals surface area contributed by atoms with Crippen molar-refractivity contribution in [1.29, 1.82) is 0 Å². The molecule has 1 aliphatic rings. The molecule has 1 amide bonds. The van der Waals surface area contributed by atoms with Gasteiger partial charge in [-0.15, -0.1) is 0 Å². The van der Waals surface area contributed by atoms with Crippen LogP contribution >= 0.6 is 0 Å². The van der Waals surface area contributed by atoms with Crippen molar-refractivity contribution in [3.63, 3.8) is 0 Å². The van der Waals surface area contributed by atoms with E-state index < -0.39 is 6.23 Å². The van der Waals surface area contributed by atoms with E-state index in [9.17, 15) is 4.79 Å². The van der Waals surface area contributed by atoms with Crippen LogP contribution in [0.15, 0.2) is 24.3 Å². The quantitative estimate of drug-likeness (QED) is 0.0880. The highest BCUT2D eigenvalue weighted by Gasteiger charge is 2.10. The van der Waals surface area contributed by atoms with Crippen molar-refractivity contribution in [2.75, 3.05) is 46.6 Å². The van der Waals surface area contributed by atoms with Gasteiger partial charge in [-0.2, -0.15) is 0 Å². The van der Waals surface area contributed by atoms with Crippen LogP contribution in [0.4, 0.5) is 0 Å². The van der Waals surface area contributed by atoms with Crippen molar-refractivity contribution in [2.24, 2.45) is 17.5 Å². The number of hydrogen-bond acceptors (Lipinski definition) is 8. The van der Waals surface area contributed by atoms with Crippen LogP contribution in [0.5, 0.6) is 5.75 Å². The Bertz CT molecular complexity index is 717. The summed E-state index contributed by atoms with van der Waals surface area (Å²) in [6.07, 6.45) is 7.49. The first-order valence-corrected chi connectivity index (χ1v) is 12.0. The molecule has 7 N–H and O–H groups in total. The van der Waals surface area contributed by atoms with E-state index in [0.29, 0.717) is 12.5 Å². The number of aryl methyl sites for hydroxylation is 1. The summed E-state index contributed by atoms with van der Waals surface area (Å²) in [6, 6.07) is 7.88. The second-order valence-corrected chi connectivity index (χ2v) is 7.91. The van der Waals surface area contributed by atoms with E-state index in [4.69, 9.17) is 30.9 Å². The summed E-state index contributed by atoms with van der Waals surface area (Å²) in [7, 11) is 1.00. The fraction of sp³-hybridized carbons (Fsp3) is 0.640. The van der Waals surface area contributed by atoms with E-state index in [1.165, 1.54) is 37.7 Å². The number of carbonyl (C=O) groups is 1. The fourth-order valence-corrected chi connectivity index (χ4v) is 3.47. The van der Waals surface area contributed by atoms with Crippen LogP contribution in [0.2, 0.25) is 0 Å². The second kappa shape index (κ2) is 20.2. The lowest BCUT2D eigenvalue weighted by Crippen LogP contribution is -2.33. The van der Waals surface area contributed by atoms with Gasteiger partial charge in [0.15, 0.2) is 0 Å². The first-order chi connectivity index (χ1) is 16.7. The number of aliphatic hydroxyl groups excluding tert-OH is 1. The summed E-state index contributed by atoms with van der Waals surface area (Å²) in [5, 5.41) is 9.75. The third kappa shape index (κ3) is 14.9. The summed E-state index contributed by atoms with van der Waals surface area (Å²) in [5.74, 6) is 12.6. The zero-order chi connectivity index (χ0) is 24.9. The van der Waals surface area contributed by atoms with Crippen molar-refractivity contribution in [3.8, 4) is 17.6 Å². The lowest BCUT2D eigenvalue weighted by atomic mass is 9.90. The van der Waals surface area contributed by atoms with E-state index in [-0.39, 0.29) is 32.3 Å². The molecule has 0 spiro atoms. The van der Waals surface area contributed by atoms with Gasteiger partial charge in [-0.25, -0.2) is 0 Å². The van der Waals surface area contributed by atoms with Crippen LogP contribution in [-0.4, -0.2) is 63.9 Å². The summed E-state index contributed by atoms with van der Waals surface area (Å²) in [5.41, 5.74) is 9.75. The molecule has 1 aromatic rings.